The van der Waals surface area contributed by atoms with E-state index in [1.165, 1.54) is 23.1 Å². The Balaban J connectivity index is 1.80. The van der Waals surface area contributed by atoms with Gasteiger partial charge in [-0.3, -0.25) is 13.9 Å². The molecule has 0 heterocycles. The zero-order valence-electron chi connectivity index (χ0n) is 24.6. The fourth-order valence-corrected chi connectivity index (χ4v) is 6.79. The van der Waals surface area contributed by atoms with Crippen molar-refractivity contribution >= 4 is 55.1 Å². The molecule has 1 atom stereocenters. The molecule has 0 bridgehead atoms. The predicted octanol–water partition coefficient (Wildman–Crippen LogP) is 6.77. The quantitative estimate of drug-likeness (QED) is 0.167. The second-order valence-electron chi connectivity index (χ2n) is 10.5. The molecule has 0 saturated carbocycles. The van der Waals surface area contributed by atoms with Gasteiger partial charge in [0, 0.05) is 29.0 Å². The van der Waals surface area contributed by atoms with Crippen LogP contribution < -0.4 is 9.62 Å². The average molecular weight is 697 g/mol. The van der Waals surface area contributed by atoms with Crippen LogP contribution in [0, 0.1) is 6.92 Å². The maximum atomic E-state index is 14.4. The highest BCUT2D eigenvalue weighted by Gasteiger charge is 2.34. The van der Waals surface area contributed by atoms with Gasteiger partial charge in [0.15, 0.2) is 0 Å². The van der Waals surface area contributed by atoms with Gasteiger partial charge in [-0.05, 0) is 66.9 Å². The Morgan fingerprint density at radius 2 is 1.57 bits per heavy atom. The summed E-state index contributed by atoms with van der Waals surface area (Å²) < 4.78 is 30.0. The Labute approximate surface area is 273 Å². The molecule has 0 aliphatic carbocycles. The van der Waals surface area contributed by atoms with E-state index in [0.29, 0.717) is 11.6 Å². The number of carbonyl (C=O) groups is 2. The molecular formula is C34H35BrClN3O4S. The number of anilines is 1. The summed E-state index contributed by atoms with van der Waals surface area (Å²) in [5.74, 6) is -0.844. The van der Waals surface area contributed by atoms with Gasteiger partial charge in [0.25, 0.3) is 10.0 Å². The molecule has 4 rings (SSSR count). The number of hydrogen-bond donors (Lipinski definition) is 1. The molecule has 1 N–H and O–H groups in total. The van der Waals surface area contributed by atoms with Crippen molar-refractivity contribution in [3.63, 3.8) is 0 Å². The molecule has 44 heavy (non-hydrogen) atoms. The number of sulfonamides is 1. The van der Waals surface area contributed by atoms with Gasteiger partial charge in [-0.15, -0.1) is 0 Å². The first-order chi connectivity index (χ1) is 21.1. The molecule has 0 spiro atoms. The van der Waals surface area contributed by atoms with Crippen LogP contribution in [0.2, 0.25) is 5.02 Å². The third kappa shape index (κ3) is 8.71. The summed E-state index contributed by atoms with van der Waals surface area (Å²) in [7, 11) is -4.20. The first kappa shape index (κ1) is 33.2. The minimum absolute atomic E-state index is 0.0379. The molecule has 10 heteroatoms. The maximum Gasteiger partial charge on any atom is 0.264 e. The summed E-state index contributed by atoms with van der Waals surface area (Å²) in [4.78, 5) is 29.6. The molecule has 0 radical (unpaired) electrons. The highest BCUT2D eigenvalue weighted by molar-refractivity contribution is 9.10. The molecule has 4 aromatic carbocycles. The van der Waals surface area contributed by atoms with Crippen molar-refractivity contribution in [2.45, 2.75) is 44.2 Å². The second kappa shape index (κ2) is 15.4. The number of halogens is 2. The molecule has 7 nitrogen and oxygen atoms in total. The zero-order chi connectivity index (χ0) is 31.7. The van der Waals surface area contributed by atoms with Crippen molar-refractivity contribution in [1.82, 2.24) is 10.2 Å². The van der Waals surface area contributed by atoms with Gasteiger partial charge in [0.1, 0.15) is 12.6 Å². The van der Waals surface area contributed by atoms with Gasteiger partial charge >= 0.3 is 0 Å². The molecule has 0 aliphatic heterocycles. The molecule has 0 aromatic heterocycles. The number of nitrogens with one attached hydrogen (secondary N) is 1. The number of rotatable bonds is 13. The molecule has 0 saturated heterocycles. The average Bonchev–Trinajstić information content (AvgIpc) is 3.01. The van der Waals surface area contributed by atoms with E-state index in [1.54, 1.807) is 30.3 Å². The Bertz CT molecular complexity index is 1680. The Morgan fingerprint density at radius 1 is 0.886 bits per heavy atom. The number of hydrogen-bond acceptors (Lipinski definition) is 4. The van der Waals surface area contributed by atoms with Crippen molar-refractivity contribution in [3.8, 4) is 0 Å². The van der Waals surface area contributed by atoms with Gasteiger partial charge in [-0.25, -0.2) is 8.42 Å². The Morgan fingerprint density at radius 3 is 2.23 bits per heavy atom. The van der Waals surface area contributed by atoms with E-state index in [4.69, 9.17) is 11.6 Å². The molecule has 230 valence electrons. The fourth-order valence-electron chi connectivity index (χ4n) is 4.75. The first-order valence-electron chi connectivity index (χ1n) is 14.3. The lowest BCUT2D eigenvalue weighted by Crippen LogP contribution is -2.53. The smallest absolute Gasteiger partial charge is 0.264 e. The van der Waals surface area contributed by atoms with Crippen molar-refractivity contribution in [3.05, 3.63) is 129 Å². The van der Waals surface area contributed by atoms with Crippen LogP contribution >= 0.6 is 27.5 Å². The summed E-state index contributed by atoms with van der Waals surface area (Å²) in [6.45, 7) is 3.81. The molecule has 2 amide bonds. The number of benzene rings is 4. The lowest BCUT2D eigenvalue weighted by atomic mass is 10.0. The van der Waals surface area contributed by atoms with Crippen LogP contribution in [0.15, 0.2) is 112 Å². The number of aryl methyl sites for hydroxylation is 1. The summed E-state index contributed by atoms with van der Waals surface area (Å²) in [5.41, 5.74) is 2.79. The van der Waals surface area contributed by atoms with E-state index < -0.39 is 28.5 Å². The highest BCUT2D eigenvalue weighted by Crippen LogP contribution is 2.27. The van der Waals surface area contributed by atoms with Gasteiger partial charge in [0.05, 0.1) is 10.6 Å². The van der Waals surface area contributed by atoms with E-state index in [0.717, 1.165) is 31.9 Å². The molecular weight excluding hydrogens is 662 g/mol. The lowest BCUT2D eigenvalue weighted by Gasteiger charge is -2.34. The largest absolute Gasteiger partial charge is 0.354 e. The SMILES string of the molecule is CCCNC(=O)[C@@H](Cc1ccccc1)N(Cc1cccc(Br)c1)C(=O)CN(c1cccc(Cl)c1)S(=O)(=O)c1ccc(C)cc1. The van der Waals surface area contributed by atoms with Crippen molar-refractivity contribution < 1.29 is 18.0 Å². The van der Waals surface area contributed by atoms with Crippen molar-refractivity contribution in [2.24, 2.45) is 0 Å². The third-order valence-electron chi connectivity index (χ3n) is 7.05. The summed E-state index contributed by atoms with van der Waals surface area (Å²) in [6.07, 6.45) is 0.971. The van der Waals surface area contributed by atoms with Gasteiger partial charge in [-0.1, -0.05) is 101 Å². The van der Waals surface area contributed by atoms with Crippen LogP contribution in [0.1, 0.15) is 30.0 Å². The molecule has 4 aromatic rings. The van der Waals surface area contributed by atoms with Crippen LogP contribution in [0.4, 0.5) is 5.69 Å². The number of nitrogens with zero attached hydrogens (tertiary/aromatic N) is 2. The Kier molecular flexibility index (Phi) is 11.6. The van der Waals surface area contributed by atoms with Gasteiger partial charge in [-0.2, -0.15) is 0 Å². The van der Waals surface area contributed by atoms with Gasteiger partial charge in [0.2, 0.25) is 11.8 Å². The number of amides is 2. The highest BCUT2D eigenvalue weighted by atomic mass is 79.9. The van der Waals surface area contributed by atoms with Gasteiger partial charge < -0.3 is 10.2 Å². The molecule has 0 unspecified atom stereocenters. The fraction of sp³-hybridized carbons (Fsp3) is 0.235. The topological polar surface area (TPSA) is 86.8 Å². The van der Waals surface area contributed by atoms with E-state index in [1.807, 2.05) is 68.4 Å². The molecule has 0 aliphatic rings. The van der Waals surface area contributed by atoms with E-state index >= 15 is 0 Å². The standard InChI is InChI=1S/C34H35BrClN3O4S/c1-3-19-37-34(41)32(21-26-9-5-4-6-10-26)38(23-27-11-7-12-28(35)20-27)33(40)24-39(30-14-8-13-29(36)22-30)44(42,43)31-17-15-25(2)16-18-31/h4-18,20,22,32H,3,19,21,23-24H2,1-2H3,(H,37,41)/t32-/m1/s1. The zero-order valence-corrected chi connectivity index (χ0v) is 27.8. The van der Waals surface area contributed by atoms with Crippen LogP contribution in [-0.4, -0.2) is 44.3 Å². The van der Waals surface area contributed by atoms with E-state index in [-0.39, 0.29) is 29.5 Å². The normalized spacial score (nSPS) is 11.9. The van der Waals surface area contributed by atoms with E-state index in [2.05, 4.69) is 21.2 Å². The third-order valence-corrected chi connectivity index (χ3v) is 9.56. The van der Waals surface area contributed by atoms with Crippen molar-refractivity contribution in [1.29, 1.82) is 0 Å². The first-order valence-corrected chi connectivity index (χ1v) is 16.9. The van der Waals surface area contributed by atoms with Crippen LogP contribution in [0.5, 0.6) is 0 Å². The van der Waals surface area contributed by atoms with Crippen LogP contribution in [0.25, 0.3) is 0 Å². The lowest BCUT2D eigenvalue weighted by molar-refractivity contribution is -0.140. The summed E-state index contributed by atoms with van der Waals surface area (Å²) >= 11 is 9.78. The van der Waals surface area contributed by atoms with E-state index in [9.17, 15) is 18.0 Å². The van der Waals surface area contributed by atoms with Crippen LogP contribution in [-0.2, 0) is 32.6 Å². The molecule has 0 fully saturated rings. The monoisotopic (exact) mass is 695 g/mol. The Hall–Kier alpha value is -3.66. The summed E-state index contributed by atoms with van der Waals surface area (Å²) in [5, 5.41) is 3.27. The second-order valence-corrected chi connectivity index (χ2v) is 13.7. The minimum Gasteiger partial charge on any atom is -0.354 e. The number of carbonyl (C=O) groups excluding carboxylic acids is 2. The van der Waals surface area contributed by atoms with Crippen molar-refractivity contribution in [2.75, 3.05) is 17.4 Å². The minimum atomic E-state index is -4.20. The summed E-state index contributed by atoms with van der Waals surface area (Å²) in [6, 6.07) is 28.8. The predicted molar refractivity (Wildman–Crippen MR) is 179 cm³/mol. The van der Waals surface area contributed by atoms with Crippen LogP contribution in [0.3, 0.4) is 0 Å². The maximum absolute atomic E-state index is 14.4.